The van der Waals surface area contributed by atoms with Crippen molar-refractivity contribution in [2.45, 2.75) is 233 Å². The second-order valence-corrected chi connectivity index (χ2v) is 33.7. The van der Waals surface area contributed by atoms with Crippen LogP contribution in [-0.4, -0.2) is 88.1 Å². The highest BCUT2D eigenvalue weighted by molar-refractivity contribution is 5.86. The topological polar surface area (TPSA) is 161 Å². The first-order chi connectivity index (χ1) is 41.9. The number of carbonyl (C=O) groups excluding carboxylic acids is 3. The van der Waals surface area contributed by atoms with E-state index in [9.17, 15) is 4.79 Å². The molecule has 0 aromatic heterocycles. The summed E-state index contributed by atoms with van der Waals surface area (Å²) >= 11 is 0. The molecule has 8 N–H and O–H groups in total. The van der Waals surface area contributed by atoms with Gasteiger partial charge >= 0.3 is 0 Å². The number of hydrogen-bond donors (Lipinski definition) is 6. The van der Waals surface area contributed by atoms with E-state index in [1.807, 2.05) is 0 Å². The maximum Gasteiger partial charge on any atom is 0.226 e. The van der Waals surface area contributed by atoms with Crippen molar-refractivity contribution in [1.82, 2.24) is 21.3 Å². The Hall–Kier alpha value is -4.23. The summed E-state index contributed by atoms with van der Waals surface area (Å²) in [6.07, 6.45) is 22.2. The van der Waals surface area contributed by atoms with Crippen molar-refractivity contribution in [3.63, 3.8) is 0 Å². The first kappa shape index (κ1) is 59.1. The average Bonchev–Trinajstić information content (AvgIpc) is 0.692. The minimum Gasteiger partial charge on any atom is -0.381 e. The second-order valence-electron chi connectivity index (χ2n) is 33.7. The van der Waals surface area contributed by atoms with E-state index >= 15 is 18.4 Å². The zero-order valence-electron chi connectivity index (χ0n) is 52.6. The Morgan fingerprint density at radius 3 is 1.70 bits per heavy atom. The normalized spacial score (nSPS) is 45.5. The van der Waals surface area contributed by atoms with E-state index in [-0.39, 0.29) is 69.8 Å². The molecule has 0 spiro atoms. The fourth-order valence-electron chi connectivity index (χ4n) is 25.6. The van der Waals surface area contributed by atoms with Crippen molar-refractivity contribution in [3.8, 4) is 0 Å². The number of ether oxygens (including phenoxy) is 1. The fraction of sp³-hybridized carbons (Fsp3) is 0.720. The number of carbonyl (C=O) groups is 3. The Kier molecular flexibility index (Phi) is 14.6. The molecule has 1 heterocycles. The van der Waals surface area contributed by atoms with Crippen LogP contribution in [0.15, 0.2) is 78.9 Å². The molecule has 7 unspecified atom stereocenters. The van der Waals surface area contributed by atoms with Crippen molar-refractivity contribution >= 4 is 17.7 Å². The first-order valence-electron chi connectivity index (χ1n) is 35.0. The summed E-state index contributed by atoms with van der Waals surface area (Å²) in [5, 5.41) is 13.8. The minimum absolute atomic E-state index is 0.0320. The Morgan fingerprint density at radius 1 is 0.563 bits per heavy atom. The molecular weight excluding hydrogens is 1090 g/mol. The van der Waals surface area contributed by atoms with Crippen LogP contribution in [0.1, 0.15) is 215 Å². The summed E-state index contributed by atoms with van der Waals surface area (Å²) < 4.78 is 38.8. The number of halogens is 2. The Bertz CT molecular complexity index is 3100. The lowest BCUT2D eigenvalue weighted by atomic mass is 9.33. The van der Waals surface area contributed by atoms with Crippen molar-refractivity contribution in [3.05, 3.63) is 107 Å². The van der Waals surface area contributed by atoms with E-state index in [2.05, 4.69) is 114 Å². The zero-order valence-corrected chi connectivity index (χ0v) is 52.6. The maximum atomic E-state index is 16.9. The molecule has 15 aliphatic rings. The molecule has 14 aliphatic carbocycles. The molecule has 15 fully saturated rings. The molecule has 0 radical (unpaired) electrons. The molecule has 3 aromatic carbocycles. The first-order valence-corrected chi connectivity index (χ1v) is 35.0. The molecule has 15 atom stereocenters. The molecule has 3 aromatic rings. The highest BCUT2D eigenvalue weighted by Crippen LogP contribution is 2.77. The van der Waals surface area contributed by atoms with Gasteiger partial charge in [-0.3, -0.25) is 18.8 Å². The van der Waals surface area contributed by atoms with Gasteiger partial charge < -0.3 is 37.5 Å². The van der Waals surface area contributed by atoms with E-state index in [4.69, 9.17) is 16.2 Å². The number of rotatable bonds is 17. The van der Waals surface area contributed by atoms with Gasteiger partial charge in [0.1, 0.15) is 6.17 Å². The van der Waals surface area contributed by atoms with E-state index in [1.54, 1.807) is 0 Å². The number of piperidine rings is 1. The predicted octanol–water partition coefficient (Wildman–Crippen LogP) is 12.1. The summed E-state index contributed by atoms with van der Waals surface area (Å²) in [7, 11) is 0. The van der Waals surface area contributed by atoms with Gasteiger partial charge in [-0.1, -0.05) is 85.8 Å². The predicted molar refractivity (Wildman–Crippen MR) is 337 cm³/mol. The average molecular weight is 1190 g/mol. The lowest BCUT2D eigenvalue weighted by Gasteiger charge is -2.70. The summed E-state index contributed by atoms with van der Waals surface area (Å²) in [6, 6.07) is 30.2. The Morgan fingerprint density at radius 2 is 1.11 bits per heavy atom. The van der Waals surface area contributed by atoms with E-state index in [0.717, 1.165) is 148 Å². The number of alkyl halides is 2. The SMILES string of the molecule is CCOC[C@]12CC3(C(=O)N[C@H]4CC[C@H](CN)CC4)CC(C[C@](c4ccccc4)(C3)C1)C2c1ccc([C@@]23CC4(C(=O)N[C@H]5CC[C@H](CN)CC5)CC(c5ccc([C@]67CC8CC(C(=O)N[C@H]9CCNC[C@@H]9F)(C[C@](C)(C8)C6)C7)cc5)(C[C@@](CF)(C4)C2)C3)cc1. The van der Waals surface area contributed by atoms with E-state index in [1.165, 1.54) is 27.8 Å². The smallest absolute Gasteiger partial charge is 0.226 e. The van der Waals surface area contributed by atoms with Crippen molar-refractivity contribution in [1.29, 1.82) is 0 Å². The number of benzene rings is 3. The maximum absolute atomic E-state index is 16.9. The van der Waals surface area contributed by atoms with Gasteiger partial charge in [-0.15, -0.1) is 0 Å². The van der Waals surface area contributed by atoms with Gasteiger partial charge in [0, 0.05) is 36.1 Å². The van der Waals surface area contributed by atoms with E-state index in [0.29, 0.717) is 69.7 Å². The van der Waals surface area contributed by atoms with Crippen LogP contribution in [0, 0.1) is 56.2 Å². The van der Waals surface area contributed by atoms with Crippen LogP contribution in [0.5, 0.6) is 0 Å². The van der Waals surface area contributed by atoms with Gasteiger partial charge in [0.25, 0.3) is 0 Å². The largest absolute Gasteiger partial charge is 0.381 e. The van der Waals surface area contributed by atoms with Gasteiger partial charge in [-0.2, -0.15) is 0 Å². The number of nitrogens with two attached hydrogens (primary N) is 2. The zero-order chi connectivity index (χ0) is 59.9. The van der Waals surface area contributed by atoms with Crippen LogP contribution >= 0.6 is 0 Å². The molecular formula is C75H102F2N6O4. The van der Waals surface area contributed by atoms with Crippen LogP contribution in [0.2, 0.25) is 0 Å². The third-order valence-corrected chi connectivity index (χ3v) is 27.5. The molecule has 10 nitrogen and oxygen atoms in total. The quantitative estimate of drug-likeness (QED) is 0.0784. The fourth-order valence-corrected chi connectivity index (χ4v) is 25.6. The van der Waals surface area contributed by atoms with Gasteiger partial charge in [-0.25, -0.2) is 4.39 Å². The van der Waals surface area contributed by atoms with E-state index < -0.39 is 51.4 Å². The molecule has 12 bridgehead atoms. The highest BCUT2D eigenvalue weighted by Gasteiger charge is 2.73. The summed E-state index contributed by atoms with van der Waals surface area (Å²) in [6.45, 7) is 7.70. The van der Waals surface area contributed by atoms with Crippen molar-refractivity contribution in [2.24, 2.45) is 67.6 Å². The Labute approximate surface area is 517 Å². The standard InChI is InChI=1S/C75H102F2N6O4/c1-3-87-48-75-42-69(54-7-5-4-6-8-54)30-53(31-71(41-69,43-75)63(84)81-58-21-9-49(32-78)10-22-58)62(75)52-13-15-56(16-14-52)72-37-67(47-76)38-73(44-72,46-74(39-67,45-72)65(86)82-59-23-11-50(33-79)12-24-59)57-19-17-55(18-20-57)68-28-51-27-66(2,35-68)36-70(29-51,40-68)64(85)83-61-25-26-80-34-60(61)77/h4-8,13-20,49-51,53,58-62,80H,3,9-12,21-48,78-79H2,1-2H3,(H,81,84)(H,82,86)(H,83,85)/t49-,50-,51?,53?,58-,59-,60-,61-,62?,66+,67+,68+,69-,70?,71?,72-,73?,74?,75+/m0/s1. The second kappa shape index (κ2) is 21.4. The molecule has 1 aliphatic heterocycles. The van der Waals surface area contributed by atoms with Crippen LogP contribution in [-0.2, 0) is 40.8 Å². The number of hydrogen-bond acceptors (Lipinski definition) is 7. The minimum atomic E-state index is -1.08. The third-order valence-electron chi connectivity index (χ3n) is 27.5. The molecule has 87 heavy (non-hydrogen) atoms. The molecule has 470 valence electrons. The third kappa shape index (κ3) is 9.69. The van der Waals surface area contributed by atoms with Gasteiger partial charge in [0.2, 0.25) is 17.7 Å². The molecule has 12 heteroatoms. The molecule has 18 rings (SSSR count). The van der Waals surface area contributed by atoms with Crippen LogP contribution in [0.4, 0.5) is 8.78 Å². The lowest BCUT2D eigenvalue weighted by molar-refractivity contribution is -0.181. The molecule has 14 saturated carbocycles. The molecule has 3 amide bonds. The summed E-state index contributed by atoms with van der Waals surface area (Å²) in [5.41, 5.74) is 15.0. The van der Waals surface area contributed by atoms with Crippen molar-refractivity contribution in [2.75, 3.05) is 46.1 Å². The van der Waals surface area contributed by atoms with Crippen LogP contribution in [0.25, 0.3) is 0 Å². The van der Waals surface area contributed by atoms with Gasteiger partial charge in [0.05, 0.1) is 35.6 Å². The van der Waals surface area contributed by atoms with Gasteiger partial charge in [0.15, 0.2) is 0 Å². The highest BCUT2D eigenvalue weighted by atomic mass is 19.1. The lowest BCUT2D eigenvalue weighted by Crippen LogP contribution is -2.68. The monoisotopic (exact) mass is 1190 g/mol. The van der Waals surface area contributed by atoms with Gasteiger partial charge in [-0.05, 0) is 278 Å². The number of amides is 3. The molecule has 1 saturated heterocycles. The van der Waals surface area contributed by atoms with Crippen LogP contribution < -0.4 is 32.7 Å². The summed E-state index contributed by atoms with van der Waals surface area (Å²) in [5.74, 6) is 2.42. The Balaban J connectivity index is 0.769. The van der Waals surface area contributed by atoms with Crippen LogP contribution in [0.3, 0.4) is 0 Å². The summed E-state index contributed by atoms with van der Waals surface area (Å²) in [4.78, 5) is 45.7. The van der Waals surface area contributed by atoms with Crippen molar-refractivity contribution < 1.29 is 27.9 Å². The number of nitrogens with one attached hydrogen (secondary N) is 4.